The minimum atomic E-state index is -0.317. The number of ketones is 1. The summed E-state index contributed by atoms with van der Waals surface area (Å²) < 4.78 is 13.4. The third kappa shape index (κ3) is 4.23. The quantitative estimate of drug-likeness (QED) is 0.591. The molecule has 4 atom stereocenters. The lowest BCUT2D eigenvalue weighted by atomic mass is 9.83. The number of amides is 1. The second-order valence-electron chi connectivity index (χ2n) is 10.4. The molecule has 34 heavy (non-hydrogen) atoms. The molecule has 5 rings (SSSR count). The third-order valence-corrected chi connectivity index (χ3v) is 8.20. The normalized spacial score (nSPS) is 27.1. The van der Waals surface area contributed by atoms with Crippen LogP contribution in [0.2, 0.25) is 0 Å². The van der Waals surface area contributed by atoms with Crippen LogP contribution >= 0.6 is 0 Å². The van der Waals surface area contributed by atoms with Gasteiger partial charge in [0, 0.05) is 36.6 Å². The van der Waals surface area contributed by atoms with Gasteiger partial charge in [-0.3, -0.25) is 9.69 Å². The lowest BCUT2D eigenvalue weighted by Crippen LogP contribution is -2.42. The van der Waals surface area contributed by atoms with E-state index in [0.717, 1.165) is 98.9 Å². The number of aryl methyl sites for hydroxylation is 2. The summed E-state index contributed by atoms with van der Waals surface area (Å²) in [6.07, 6.45) is 9.89. The van der Waals surface area contributed by atoms with Crippen molar-refractivity contribution in [1.29, 1.82) is 0 Å². The number of methoxy groups -OCH3 is 1. The number of Topliss-reactive ketones (excluding diaryl/α,β-unsaturated/α-hetero) is 1. The van der Waals surface area contributed by atoms with Crippen molar-refractivity contribution in [2.75, 3.05) is 18.6 Å². The molecule has 7 nitrogen and oxygen atoms in total. The van der Waals surface area contributed by atoms with E-state index in [-0.39, 0.29) is 24.1 Å². The Labute approximate surface area is 201 Å². The van der Waals surface area contributed by atoms with Crippen molar-refractivity contribution < 1.29 is 19.1 Å². The van der Waals surface area contributed by atoms with Crippen molar-refractivity contribution in [3.8, 4) is 0 Å². The first-order valence-electron chi connectivity index (χ1n) is 13.0. The minimum Gasteiger partial charge on any atom is -0.452 e. The van der Waals surface area contributed by atoms with Crippen LogP contribution < -0.4 is 4.90 Å². The van der Waals surface area contributed by atoms with E-state index in [9.17, 15) is 9.59 Å². The smallest absolute Gasteiger partial charge is 0.414 e. The van der Waals surface area contributed by atoms with E-state index in [4.69, 9.17) is 14.5 Å². The molecule has 0 unspecified atom stereocenters. The summed E-state index contributed by atoms with van der Waals surface area (Å²) in [4.78, 5) is 31.8. The van der Waals surface area contributed by atoms with Gasteiger partial charge in [-0.2, -0.15) is 0 Å². The monoisotopic (exact) mass is 467 g/mol. The first-order chi connectivity index (χ1) is 16.5. The van der Waals surface area contributed by atoms with E-state index < -0.39 is 0 Å². The third-order valence-electron chi connectivity index (χ3n) is 8.20. The lowest BCUT2D eigenvalue weighted by molar-refractivity contribution is -0.122. The summed E-state index contributed by atoms with van der Waals surface area (Å²) in [7, 11) is 1.44. The standard InChI is InChI=1S/C27H37N3O4/c1-17-9-11-22-23(29(17)27(32)33-3)12-13-24-26(22)28-25(14-10-21-8-5-15-34-21)30(24)20-7-4-6-19(16-20)18(2)31/h12-13,17,19-21H,4-11,14-16H2,1-3H3/t17-,19-,20+,21+/m0/s1. The minimum absolute atomic E-state index is 0.0909. The lowest BCUT2D eigenvalue weighted by Gasteiger charge is -2.34. The number of hydrogen-bond acceptors (Lipinski definition) is 5. The fourth-order valence-corrected chi connectivity index (χ4v) is 6.34. The first kappa shape index (κ1) is 23.3. The zero-order chi connectivity index (χ0) is 23.8. The van der Waals surface area contributed by atoms with Gasteiger partial charge in [0.1, 0.15) is 11.6 Å². The summed E-state index contributed by atoms with van der Waals surface area (Å²) in [5.41, 5.74) is 4.19. The van der Waals surface area contributed by atoms with Crippen LogP contribution in [-0.2, 0) is 27.1 Å². The number of imidazole rings is 1. The highest BCUT2D eigenvalue weighted by Crippen LogP contribution is 2.41. The largest absolute Gasteiger partial charge is 0.452 e. The number of fused-ring (bicyclic) bond motifs is 3. The SMILES string of the molecule is COC(=O)N1c2ccc3c(nc(CC[C@H]4CCCO4)n3[C@@H]3CCC[C@H](C(C)=O)C3)c2CC[C@@H]1C. The van der Waals surface area contributed by atoms with E-state index in [2.05, 4.69) is 23.6 Å². The van der Waals surface area contributed by atoms with Gasteiger partial charge in [0.2, 0.25) is 0 Å². The van der Waals surface area contributed by atoms with E-state index in [1.165, 1.54) is 7.11 Å². The summed E-state index contributed by atoms with van der Waals surface area (Å²) in [5, 5.41) is 0. The Hall–Kier alpha value is -2.41. The number of carbonyl (C=O) groups is 2. The van der Waals surface area contributed by atoms with Crippen LogP contribution in [0.3, 0.4) is 0 Å². The van der Waals surface area contributed by atoms with Gasteiger partial charge in [0.05, 0.1) is 29.9 Å². The second kappa shape index (κ2) is 9.68. The van der Waals surface area contributed by atoms with Crippen molar-refractivity contribution in [3.63, 3.8) is 0 Å². The summed E-state index contributed by atoms with van der Waals surface area (Å²) in [6, 6.07) is 4.57. The Bertz CT molecular complexity index is 1070. The molecule has 1 amide bonds. The average Bonchev–Trinajstić information content (AvgIpc) is 3.49. The van der Waals surface area contributed by atoms with Gasteiger partial charge in [-0.05, 0) is 77.3 Å². The maximum Gasteiger partial charge on any atom is 0.414 e. The topological polar surface area (TPSA) is 73.7 Å². The molecule has 1 aromatic heterocycles. The molecule has 184 valence electrons. The molecule has 2 aliphatic heterocycles. The van der Waals surface area contributed by atoms with Crippen LogP contribution in [0.5, 0.6) is 0 Å². The number of benzene rings is 1. The number of hydrogen-bond donors (Lipinski definition) is 0. The van der Waals surface area contributed by atoms with Crippen molar-refractivity contribution >= 4 is 28.6 Å². The van der Waals surface area contributed by atoms with Gasteiger partial charge in [0.25, 0.3) is 0 Å². The molecular weight excluding hydrogens is 430 g/mol. The number of carbonyl (C=O) groups excluding carboxylic acids is 2. The zero-order valence-electron chi connectivity index (χ0n) is 20.7. The summed E-state index contributed by atoms with van der Waals surface area (Å²) in [5.74, 6) is 1.53. The van der Waals surface area contributed by atoms with E-state index in [1.54, 1.807) is 11.8 Å². The van der Waals surface area contributed by atoms with Crippen molar-refractivity contribution in [3.05, 3.63) is 23.5 Å². The van der Waals surface area contributed by atoms with E-state index >= 15 is 0 Å². The Morgan fingerprint density at radius 3 is 2.76 bits per heavy atom. The van der Waals surface area contributed by atoms with Crippen molar-refractivity contribution in [2.24, 2.45) is 5.92 Å². The number of nitrogens with zero attached hydrogens (tertiary/aromatic N) is 3. The molecule has 2 aromatic rings. The number of ether oxygens (including phenoxy) is 2. The molecule has 0 radical (unpaired) electrons. The summed E-state index contributed by atoms with van der Waals surface area (Å²) in [6.45, 7) is 4.66. The van der Waals surface area contributed by atoms with Crippen LogP contribution in [0.25, 0.3) is 11.0 Å². The highest BCUT2D eigenvalue weighted by atomic mass is 16.5. The molecule has 0 spiro atoms. The predicted octanol–water partition coefficient (Wildman–Crippen LogP) is 5.38. The molecule has 3 aliphatic rings. The predicted molar refractivity (Wildman–Crippen MR) is 131 cm³/mol. The van der Waals surface area contributed by atoms with Gasteiger partial charge in [-0.15, -0.1) is 0 Å². The van der Waals surface area contributed by atoms with Gasteiger partial charge in [-0.1, -0.05) is 6.42 Å². The molecular formula is C27H37N3O4. The first-order valence-corrected chi connectivity index (χ1v) is 13.0. The Kier molecular flexibility index (Phi) is 6.65. The highest BCUT2D eigenvalue weighted by Gasteiger charge is 2.33. The number of aromatic nitrogens is 2. The van der Waals surface area contributed by atoms with Crippen molar-refractivity contribution in [1.82, 2.24) is 9.55 Å². The molecule has 1 saturated heterocycles. The number of anilines is 1. The fraction of sp³-hybridized carbons (Fsp3) is 0.667. The van der Waals surface area contributed by atoms with Crippen LogP contribution in [0, 0.1) is 5.92 Å². The Morgan fingerprint density at radius 2 is 2.03 bits per heavy atom. The maximum atomic E-state index is 12.6. The number of rotatable bonds is 5. The molecule has 1 saturated carbocycles. The summed E-state index contributed by atoms with van der Waals surface area (Å²) >= 11 is 0. The Morgan fingerprint density at radius 1 is 1.18 bits per heavy atom. The van der Waals surface area contributed by atoms with Crippen molar-refractivity contribution in [2.45, 2.75) is 96.2 Å². The average molecular weight is 468 g/mol. The van der Waals surface area contributed by atoms with Crippen LogP contribution in [0.4, 0.5) is 10.5 Å². The fourth-order valence-electron chi connectivity index (χ4n) is 6.34. The Balaban J connectivity index is 1.57. The van der Waals surface area contributed by atoms with Gasteiger partial charge in [0.15, 0.2) is 0 Å². The highest BCUT2D eigenvalue weighted by molar-refractivity contribution is 5.95. The maximum absolute atomic E-state index is 12.6. The molecule has 7 heteroatoms. The zero-order valence-corrected chi connectivity index (χ0v) is 20.7. The molecule has 0 bridgehead atoms. The molecule has 1 aliphatic carbocycles. The van der Waals surface area contributed by atoms with Gasteiger partial charge in [-0.25, -0.2) is 9.78 Å². The van der Waals surface area contributed by atoms with Gasteiger partial charge >= 0.3 is 6.09 Å². The molecule has 2 fully saturated rings. The van der Waals surface area contributed by atoms with E-state index in [0.29, 0.717) is 11.9 Å². The second-order valence-corrected chi connectivity index (χ2v) is 10.4. The van der Waals surface area contributed by atoms with Crippen LogP contribution in [0.1, 0.15) is 82.6 Å². The van der Waals surface area contributed by atoms with Crippen LogP contribution in [-0.4, -0.2) is 47.3 Å². The van der Waals surface area contributed by atoms with E-state index in [1.807, 2.05) is 0 Å². The van der Waals surface area contributed by atoms with Crippen LogP contribution in [0.15, 0.2) is 12.1 Å². The molecule has 0 N–H and O–H groups in total. The van der Waals surface area contributed by atoms with Gasteiger partial charge < -0.3 is 14.0 Å². The molecule has 1 aromatic carbocycles. The molecule has 3 heterocycles.